The van der Waals surface area contributed by atoms with Crippen molar-refractivity contribution in [2.75, 3.05) is 37.6 Å². The highest BCUT2D eigenvalue weighted by atomic mass is 16.2. The van der Waals surface area contributed by atoms with Crippen LogP contribution in [0.1, 0.15) is 58.9 Å². The Morgan fingerprint density at radius 3 is 2.23 bits per heavy atom. The van der Waals surface area contributed by atoms with Crippen molar-refractivity contribution in [3.8, 4) is 0 Å². The number of amides is 2. The standard InChI is InChI=1S/C24H41N5O/c1-18(2)22(28-11-7-19(3)8-12-28)17-27-24(30)26-16-21-5-6-23(25-15-21)29-13-9-20(4)10-14-29/h5-6,15,18-20,22H,7-14,16-17H2,1-4H3,(H2,26,27,30). The number of hydrogen-bond acceptors (Lipinski definition) is 4. The quantitative estimate of drug-likeness (QED) is 0.710. The fourth-order valence-electron chi connectivity index (χ4n) is 4.53. The number of urea groups is 1. The van der Waals surface area contributed by atoms with Crippen LogP contribution in [0.15, 0.2) is 18.3 Å². The molecule has 2 aliphatic rings. The van der Waals surface area contributed by atoms with Gasteiger partial charge in [-0.05, 0) is 68.2 Å². The molecule has 3 rings (SSSR count). The van der Waals surface area contributed by atoms with Gasteiger partial charge in [0.25, 0.3) is 0 Å². The third-order valence-corrected chi connectivity index (χ3v) is 6.90. The average molecular weight is 416 g/mol. The molecular weight excluding hydrogens is 374 g/mol. The summed E-state index contributed by atoms with van der Waals surface area (Å²) in [4.78, 5) is 21.9. The predicted octanol–water partition coefficient (Wildman–Crippen LogP) is 3.87. The van der Waals surface area contributed by atoms with Crippen LogP contribution in [0.5, 0.6) is 0 Å². The zero-order valence-corrected chi connectivity index (χ0v) is 19.4. The molecule has 1 aromatic heterocycles. The molecule has 0 spiro atoms. The van der Waals surface area contributed by atoms with E-state index in [1.807, 2.05) is 6.20 Å². The lowest BCUT2D eigenvalue weighted by Crippen LogP contribution is -2.51. The number of likely N-dealkylation sites (tertiary alicyclic amines) is 1. The van der Waals surface area contributed by atoms with E-state index in [0.29, 0.717) is 25.0 Å². The first-order valence-corrected chi connectivity index (χ1v) is 11.9. The van der Waals surface area contributed by atoms with Crippen molar-refractivity contribution in [3.05, 3.63) is 23.9 Å². The number of aromatic nitrogens is 1. The van der Waals surface area contributed by atoms with E-state index >= 15 is 0 Å². The van der Waals surface area contributed by atoms with E-state index in [2.05, 4.69) is 65.2 Å². The Kier molecular flexibility index (Phi) is 8.37. The number of rotatable bonds is 7. The highest BCUT2D eigenvalue weighted by Crippen LogP contribution is 2.22. The van der Waals surface area contributed by atoms with E-state index < -0.39 is 0 Å². The molecule has 1 aromatic rings. The first kappa shape index (κ1) is 22.9. The molecule has 0 aromatic carbocycles. The van der Waals surface area contributed by atoms with Crippen molar-refractivity contribution in [2.24, 2.45) is 17.8 Å². The SMILES string of the molecule is CC1CCN(c2ccc(CNC(=O)NCC(C(C)C)N3CCC(C)CC3)cn2)CC1. The summed E-state index contributed by atoms with van der Waals surface area (Å²) in [5.74, 6) is 3.21. The minimum absolute atomic E-state index is 0.0971. The van der Waals surface area contributed by atoms with Crippen molar-refractivity contribution in [1.29, 1.82) is 0 Å². The minimum atomic E-state index is -0.0971. The Labute approximate surface area is 182 Å². The van der Waals surface area contributed by atoms with Crippen LogP contribution in [0.25, 0.3) is 0 Å². The fraction of sp³-hybridized carbons (Fsp3) is 0.750. The average Bonchev–Trinajstić information content (AvgIpc) is 2.74. The van der Waals surface area contributed by atoms with Crippen LogP contribution in [-0.2, 0) is 6.54 Å². The molecule has 0 saturated carbocycles. The molecule has 0 aliphatic carbocycles. The lowest BCUT2D eigenvalue weighted by molar-refractivity contribution is 0.108. The summed E-state index contributed by atoms with van der Waals surface area (Å²) in [6, 6.07) is 4.46. The first-order chi connectivity index (χ1) is 14.4. The van der Waals surface area contributed by atoms with Crippen molar-refractivity contribution in [2.45, 2.75) is 66.0 Å². The van der Waals surface area contributed by atoms with Crippen LogP contribution in [0.3, 0.4) is 0 Å². The number of piperidine rings is 2. The lowest BCUT2D eigenvalue weighted by Gasteiger charge is -2.38. The maximum atomic E-state index is 12.4. The Balaban J connectivity index is 1.41. The topological polar surface area (TPSA) is 60.5 Å². The molecule has 168 valence electrons. The maximum Gasteiger partial charge on any atom is 0.315 e. The summed E-state index contributed by atoms with van der Waals surface area (Å²) >= 11 is 0. The van der Waals surface area contributed by atoms with E-state index in [0.717, 1.165) is 49.4 Å². The number of anilines is 1. The van der Waals surface area contributed by atoms with E-state index in [4.69, 9.17) is 0 Å². The number of carbonyl (C=O) groups is 1. The summed E-state index contributed by atoms with van der Waals surface area (Å²) in [6.07, 6.45) is 6.88. The smallest absolute Gasteiger partial charge is 0.315 e. The van der Waals surface area contributed by atoms with Crippen LogP contribution in [0.4, 0.5) is 10.6 Å². The van der Waals surface area contributed by atoms with Crippen LogP contribution in [-0.4, -0.2) is 54.7 Å². The molecule has 30 heavy (non-hydrogen) atoms. The first-order valence-electron chi connectivity index (χ1n) is 11.9. The molecule has 1 atom stereocenters. The molecule has 1 unspecified atom stereocenters. The summed E-state index contributed by atoms with van der Waals surface area (Å²) < 4.78 is 0. The van der Waals surface area contributed by atoms with Gasteiger partial charge in [-0.25, -0.2) is 9.78 Å². The largest absolute Gasteiger partial charge is 0.357 e. The molecule has 6 nitrogen and oxygen atoms in total. The van der Waals surface area contributed by atoms with Crippen LogP contribution < -0.4 is 15.5 Å². The number of nitrogens with zero attached hydrogens (tertiary/aromatic N) is 3. The predicted molar refractivity (Wildman–Crippen MR) is 124 cm³/mol. The lowest BCUT2D eigenvalue weighted by atomic mass is 9.94. The minimum Gasteiger partial charge on any atom is -0.357 e. The van der Waals surface area contributed by atoms with E-state index in [1.54, 1.807) is 0 Å². The Bertz CT molecular complexity index is 646. The second kappa shape index (κ2) is 11.0. The number of pyridine rings is 1. The van der Waals surface area contributed by atoms with Gasteiger partial charge in [-0.1, -0.05) is 33.8 Å². The molecule has 2 aliphatic heterocycles. The van der Waals surface area contributed by atoms with Crippen LogP contribution in [0, 0.1) is 17.8 Å². The number of carbonyl (C=O) groups excluding carboxylic acids is 1. The van der Waals surface area contributed by atoms with Crippen molar-refractivity contribution < 1.29 is 4.79 Å². The fourth-order valence-corrected chi connectivity index (χ4v) is 4.53. The summed E-state index contributed by atoms with van der Waals surface area (Å²) in [6.45, 7) is 14.8. The molecule has 2 fully saturated rings. The molecule has 2 amide bonds. The molecule has 6 heteroatoms. The molecule has 2 saturated heterocycles. The molecular formula is C24H41N5O. The van der Waals surface area contributed by atoms with E-state index in [1.165, 1.54) is 25.7 Å². The zero-order chi connectivity index (χ0) is 21.5. The molecule has 0 bridgehead atoms. The maximum absolute atomic E-state index is 12.4. The normalized spacial score (nSPS) is 20.4. The third-order valence-electron chi connectivity index (χ3n) is 6.90. The van der Waals surface area contributed by atoms with Gasteiger partial charge in [-0.15, -0.1) is 0 Å². The van der Waals surface area contributed by atoms with Gasteiger partial charge >= 0.3 is 6.03 Å². The van der Waals surface area contributed by atoms with Gasteiger partial charge in [0.2, 0.25) is 0 Å². The Hall–Kier alpha value is -1.82. The monoisotopic (exact) mass is 415 g/mol. The van der Waals surface area contributed by atoms with Gasteiger partial charge in [-0.3, -0.25) is 4.90 Å². The summed E-state index contributed by atoms with van der Waals surface area (Å²) in [7, 11) is 0. The summed E-state index contributed by atoms with van der Waals surface area (Å²) in [5.41, 5.74) is 1.03. The van der Waals surface area contributed by atoms with Gasteiger partial charge < -0.3 is 15.5 Å². The van der Waals surface area contributed by atoms with Crippen molar-refractivity contribution in [1.82, 2.24) is 20.5 Å². The molecule has 2 N–H and O–H groups in total. The second-order valence-corrected chi connectivity index (χ2v) is 9.79. The van der Waals surface area contributed by atoms with Crippen molar-refractivity contribution >= 4 is 11.8 Å². The van der Waals surface area contributed by atoms with Gasteiger partial charge in [0.15, 0.2) is 0 Å². The van der Waals surface area contributed by atoms with Gasteiger partial charge in [0.1, 0.15) is 5.82 Å². The Morgan fingerprint density at radius 2 is 1.67 bits per heavy atom. The Morgan fingerprint density at radius 1 is 1.03 bits per heavy atom. The highest BCUT2D eigenvalue weighted by molar-refractivity contribution is 5.73. The van der Waals surface area contributed by atoms with Gasteiger partial charge in [0, 0.05) is 38.4 Å². The van der Waals surface area contributed by atoms with Crippen molar-refractivity contribution in [3.63, 3.8) is 0 Å². The summed E-state index contributed by atoms with van der Waals surface area (Å²) in [5, 5.41) is 6.08. The van der Waals surface area contributed by atoms with E-state index in [9.17, 15) is 4.79 Å². The van der Waals surface area contributed by atoms with E-state index in [-0.39, 0.29) is 6.03 Å². The molecule has 3 heterocycles. The van der Waals surface area contributed by atoms with Crippen LogP contribution >= 0.6 is 0 Å². The second-order valence-electron chi connectivity index (χ2n) is 9.79. The van der Waals surface area contributed by atoms with Gasteiger partial charge in [-0.2, -0.15) is 0 Å². The third kappa shape index (κ3) is 6.59. The number of hydrogen-bond donors (Lipinski definition) is 2. The van der Waals surface area contributed by atoms with Gasteiger partial charge in [0.05, 0.1) is 0 Å². The number of nitrogens with one attached hydrogen (secondary N) is 2. The highest BCUT2D eigenvalue weighted by Gasteiger charge is 2.26. The zero-order valence-electron chi connectivity index (χ0n) is 19.4. The molecule has 0 radical (unpaired) electrons. The van der Waals surface area contributed by atoms with Crippen LogP contribution in [0.2, 0.25) is 0 Å².